The van der Waals surface area contributed by atoms with E-state index in [2.05, 4.69) is 4.98 Å². The minimum Gasteiger partial charge on any atom is -0.338 e. The number of benzene rings is 1. The molecule has 0 aliphatic carbocycles. The maximum absolute atomic E-state index is 12.7. The van der Waals surface area contributed by atoms with Gasteiger partial charge in [0.2, 0.25) is 0 Å². The molecule has 6 heteroatoms. The average molecular weight is 344 g/mol. The average Bonchev–Trinajstić information content (AvgIpc) is 2.95. The van der Waals surface area contributed by atoms with Gasteiger partial charge in [0.25, 0.3) is 5.91 Å². The Kier molecular flexibility index (Phi) is 4.66. The van der Waals surface area contributed by atoms with Crippen molar-refractivity contribution in [3.63, 3.8) is 0 Å². The number of rotatable bonds is 4. The standard InChI is InChI=1S/C18H20N2O3S/c1-20(17-8-10-24(22,23)13-17)18(21)15-7-9-19-16(12-15)11-14-5-3-2-4-6-14/h2-7,9,12,17H,8,10-11,13H2,1H3. The number of nitrogens with zero attached hydrogens (tertiary/aromatic N) is 2. The molecular formula is C18H20N2O3S. The van der Waals surface area contributed by atoms with Crippen molar-refractivity contribution >= 4 is 15.7 Å². The molecule has 1 aromatic heterocycles. The lowest BCUT2D eigenvalue weighted by atomic mass is 10.1. The van der Waals surface area contributed by atoms with Crippen LogP contribution in [0.2, 0.25) is 0 Å². The zero-order chi connectivity index (χ0) is 17.2. The summed E-state index contributed by atoms with van der Waals surface area (Å²) in [6.45, 7) is 0. The molecule has 1 aliphatic heterocycles. The Hall–Kier alpha value is -2.21. The molecule has 126 valence electrons. The first-order valence-electron chi connectivity index (χ1n) is 7.91. The monoisotopic (exact) mass is 344 g/mol. The van der Waals surface area contributed by atoms with Crippen molar-refractivity contribution in [1.82, 2.24) is 9.88 Å². The van der Waals surface area contributed by atoms with Crippen molar-refractivity contribution in [3.05, 3.63) is 65.5 Å². The largest absolute Gasteiger partial charge is 0.338 e. The van der Waals surface area contributed by atoms with Gasteiger partial charge in [-0.3, -0.25) is 9.78 Å². The van der Waals surface area contributed by atoms with Crippen LogP contribution in [0.5, 0.6) is 0 Å². The zero-order valence-electron chi connectivity index (χ0n) is 13.6. The summed E-state index contributed by atoms with van der Waals surface area (Å²) >= 11 is 0. The Morgan fingerprint density at radius 3 is 2.67 bits per heavy atom. The lowest BCUT2D eigenvalue weighted by Crippen LogP contribution is -2.37. The molecule has 0 spiro atoms. The third-order valence-corrected chi connectivity index (χ3v) is 6.12. The van der Waals surface area contributed by atoms with Crippen molar-refractivity contribution in [2.75, 3.05) is 18.6 Å². The van der Waals surface area contributed by atoms with Crippen molar-refractivity contribution in [3.8, 4) is 0 Å². The Morgan fingerprint density at radius 1 is 1.25 bits per heavy atom. The molecule has 2 heterocycles. The highest BCUT2D eigenvalue weighted by atomic mass is 32.2. The van der Waals surface area contributed by atoms with Crippen LogP contribution in [0.15, 0.2) is 48.7 Å². The normalized spacial score (nSPS) is 19.1. The van der Waals surface area contributed by atoms with E-state index in [1.165, 1.54) is 0 Å². The number of hydrogen-bond acceptors (Lipinski definition) is 4. The molecule has 1 amide bonds. The number of carbonyl (C=O) groups is 1. The maximum atomic E-state index is 12.7. The number of pyridine rings is 1. The summed E-state index contributed by atoms with van der Waals surface area (Å²) in [5, 5.41) is 0. The van der Waals surface area contributed by atoms with Gasteiger partial charge < -0.3 is 4.90 Å². The number of aromatic nitrogens is 1. The first-order valence-corrected chi connectivity index (χ1v) is 9.73. The van der Waals surface area contributed by atoms with Gasteiger partial charge in [-0.15, -0.1) is 0 Å². The first-order chi connectivity index (χ1) is 11.4. The summed E-state index contributed by atoms with van der Waals surface area (Å²) in [5.41, 5.74) is 2.49. The third kappa shape index (κ3) is 3.82. The molecule has 0 saturated carbocycles. The van der Waals surface area contributed by atoms with E-state index in [4.69, 9.17) is 0 Å². The van der Waals surface area contributed by atoms with Crippen LogP contribution in [0.3, 0.4) is 0 Å². The van der Waals surface area contributed by atoms with Crippen LogP contribution in [0.25, 0.3) is 0 Å². The molecule has 1 aliphatic rings. The minimum atomic E-state index is -3.01. The quantitative estimate of drug-likeness (QED) is 0.850. The van der Waals surface area contributed by atoms with Crippen LogP contribution >= 0.6 is 0 Å². The van der Waals surface area contributed by atoms with E-state index in [1.54, 1.807) is 30.3 Å². The molecule has 5 nitrogen and oxygen atoms in total. The van der Waals surface area contributed by atoms with E-state index in [0.29, 0.717) is 18.4 Å². The van der Waals surface area contributed by atoms with Gasteiger partial charge in [0, 0.05) is 37.0 Å². The highest BCUT2D eigenvalue weighted by molar-refractivity contribution is 7.91. The molecule has 0 bridgehead atoms. The van der Waals surface area contributed by atoms with Gasteiger partial charge in [-0.25, -0.2) is 8.42 Å². The van der Waals surface area contributed by atoms with Crippen molar-refractivity contribution in [1.29, 1.82) is 0 Å². The summed E-state index contributed by atoms with van der Waals surface area (Å²) in [4.78, 5) is 18.5. The highest BCUT2D eigenvalue weighted by Crippen LogP contribution is 2.19. The van der Waals surface area contributed by atoms with E-state index in [0.717, 1.165) is 11.3 Å². The smallest absolute Gasteiger partial charge is 0.253 e. The van der Waals surface area contributed by atoms with Gasteiger partial charge in [0.15, 0.2) is 9.84 Å². The van der Waals surface area contributed by atoms with Crippen LogP contribution in [0.4, 0.5) is 0 Å². The fraction of sp³-hybridized carbons (Fsp3) is 0.333. The van der Waals surface area contributed by atoms with E-state index in [1.807, 2.05) is 30.3 Å². The predicted octanol–water partition coefficient (Wildman–Crippen LogP) is 1.93. The Labute approximate surface area is 142 Å². The fourth-order valence-electron chi connectivity index (χ4n) is 2.96. The van der Waals surface area contributed by atoms with E-state index in [-0.39, 0.29) is 23.5 Å². The van der Waals surface area contributed by atoms with Crippen LogP contribution in [-0.4, -0.2) is 48.8 Å². The number of sulfone groups is 1. The van der Waals surface area contributed by atoms with Crippen LogP contribution in [0.1, 0.15) is 28.0 Å². The second-order valence-corrected chi connectivity index (χ2v) is 8.40. The van der Waals surface area contributed by atoms with Crippen LogP contribution < -0.4 is 0 Å². The van der Waals surface area contributed by atoms with E-state index < -0.39 is 9.84 Å². The van der Waals surface area contributed by atoms with Gasteiger partial charge in [0.05, 0.1) is 11.5 Å². The van der Waals surface area contributed by atoms with Crippen molar-refractivity contribution in [2.24, 2.45) is 0 Å². The Morgan fingerprint density at radius 2 is 2.00 bits per heavy atom. The summed E-state index contributed by atoms with van der Waals surface area (Å²) in [7, 11) is -1.34. The second kappa shape index (κ2) is 6.73. The molecular weight excluding hydrogens is 324 g/mol. The molecule has 1 aromatic carbocycles. The van der Waals surface area contributed by atoms with Gasteiger partial charge in [-0.1, -0.05) is 30.3 Å². The minimum absolute atomic E-state index is 0.0528. The summed E-state index contributed by atoms with van der Waals surface area (Å²) in [5.74, 6) is 0.0519. The molecule has 24 heavy (non-hydrogen) atoms. The zero-order valence-corrected chi connectivity index (χ0v) is 14.4. The maximum Gasteiger partial charge on any atom is 0.253 e. The molecule has 3 rings (SSSR count). The molecule has 0 radical (unpaired) electrons. The Balaban J connectivity index is 1.74. The molecule has 2 aromatic rings. The Bertz CT molecular complexity index is 834. The highest BCUT2D eigenvalue weighted by Gasteiger charge is 2.33. The van der Waals surface area contributed by atoms with Crippen LogP contribution in [0, 0.1) is 0 Å². The lowest BCUT2D eigenvalue weighted by molar-refractivity contribution is 0.0747. The topological polar surface area (TPSA) is 67.3 Å². The lowest BCUT2D eigenvalue weighted by Gasteiger charge is -2.23. The molecule has 1 unspecified atom stereocenters. The van der Waals surface area contributed by atoms with Crippen molar-refractivity contribution in [2.45, 2.75) is 18.9 Å². The second-order valence-electron chi connectivity index (χ2n) is 6.17. The number of amides is 1. The van der Waals surface area contributed by atoms with Crippen molar-refractivity contribution < 1.29 is 13.2 Å². The van der Waals surface area contributed by atoms with Gasteiger partial charge in [0.1, 0.15) is 0 Å². The molecule has 0 N–H and O–H groups in total. The van der Waals surface area contributed by atoms with Gasteiger partial charge in [-0.2, -0.15) is 0 Å². The van der Waals surface area contributed by atoms with Gasteiger partial charge in [-0.05, 0) is 24.1 Å². The van der Waals surface area contributed by atoms with E-state index >= 15 is 0 Å². The third-order valence-electron chi connectivity index (χ3n) is 4.37. The summed E-state index contributed by atoms with van der Waals surface area (Å²) < 4.78 is 23.2. The first kappa shape index (κ1) is 16.6. The SMILES string of the molecule is CN(C(=O)c1ccnc(Cc2ccccc2)c1)C1CCS(=O)(=O)C1. The number of hydrogen-bond donors (Lipinski definition) is 0. The van der Waals surface area contributed by atoms with Crippen LogP contribution in [-0.2, 0) is 16.3 Å². The van der Waals surface area contributed by atoms with E-state index in [9.17, 15) is 13.2 Å². The summed E-state index contributed by atoms with van der Waals surface area (Å²) in [6, 6.07) is 13.2. The summed E-state index contributed by atoms with van der Waals surface area (Å²) in [6.07, 6.45) is 2.79. The fourth-order valence-corrected chi connectivity index (χ4v) is 4.74. The molecule has 1 atom stereocenters. The molecule has 1 saturated heterocycles. The number of carbonyl (C=O) groups excluding carboxylic acids is 1. The van der Waals surface area contributed by atoms with Gasteiger partial charge >= 0.3 is 0 Å². The predicted molar refractivity (Wildman–Crippen MR) is 92.6 cm³/mol. The molecule has 1 fully saturated rings.